The quantitative estimate of drug-likeness (QED) is 0.0318. The van der Waals surface area contributed by atoms with Crippen LogP contribution in [-0.2, 0) is 52.7 Å². The molecule has 358 valence electrons. The number of carbonyl (C=O) groups excluding carboxylic acids is 9. The number of carboxylic acid groups (broad SMARTS) is 2. The van der Waals surface area contributed by atoms with E-state index in [2.05, 4.69) is 47.9 Å². The van der Waals surface area contributed by atoms with Crippen molar-refractivity contribution >= 4 is 65.1 Å². The molecule has 0 aromatic rings. The molecule has 7 atom stereocenters. The van der Waals surface area contributed by atoms with E-state index in [0.717, 1.165) is 0 Å². The zero-order chi connectivity index (χ0) is 48.7. The number of unbranched alkanes of at least 4 members (excludes halogenated alkanes) is 1. The average Bonchev–Trinajstić information content (AvgIpc) is 3.19. The highest BCUT2D eigenvalue weighted by Gasteiger charge is 2.33. The second kappa shape index (κ2) is 28.6. The Kier molecular flexibility index (Phi) is 26.0. The molecule has 0 heterocycles. The van der Waals surface area contributed by atoms with Crippen LogP contribution in [0.15, 0.2) is 0 Å². The van der Waals surface area contributed by atoms with E-state index in [1.54, 1.807) is 55.4 Å². The van der Waals surface area contributed by atoms with Gasteiger partial charge in [0.15, 0.2) is 0 Å². The molecular formula is C39H69N11O13. The zero-order valence-corrected chi connectivity index (χ0v) is 37.5. The zero-order valence-electron chi connectivity index (χ0n) is 37.5. The molecule has 24 heteroatoms. The van der Waals surface area contributed by atoms with Crippen molar-refractivity contribution in [2.45, 2.75) is 130 Å². The molecule has 0 aromatic heterocycles. The lowest BCUT2D eigenvalue weighted by molar-refractivity contribution is -0.142. The van der Waals surface area contributed by atoms with Crippen molar-refractivity contribution in [2.75, 3.05) is 26.2 Å². The van der Waals surface area contributed by atoms with Gasteiger partial charge in [0.1, 0.15) is 36.3 Å². The van der Waals surface area contributed by atoms with Crippen LogP contribution >= 0.6 is 0 Å². The normalized spacial score (nSPS) is 14.5. The molecule has 63 heavy (non-hydrogen) atoms. The van der Waals surface area contributed by atoms with Crippen molar-refractivity contribution in [3.8, 4) is 0 Å². The van der Waals surface area contributed by atoms with Gasteiger partial charge < -0.3 is 69.5 Å². The third-order valence-corrected chi connectivity index (χ3v) is 9.41. The number of hydrogen-bond acceptors (Lipinski definition) is 13. The van der Waals surface area contributed by atoms with Crippen LogP contribution in [0.3, 0.4) is 0 Å². The summed E-state index contributed by atoms with van der Waals surface area (Å²) in [5.41, 5.74) is 11.3. The van der Waals surface area contributed by atoms with Crippen LogP contribution in [0.1, 0.15) is 88.0 Å². The molecule has 0 aliphatic rings. The molecule has 0 aliphatic carbocycles. The average molecular weight is 900 g/mol. The van der Waals surface area contributed by atoms with Gasteiger partial charge in [-0.25, -0.2) is 4.79 Å². The number of nitrogens with one attached hydrogen (secondary N) is 9. The molecule has 0 rings (SSSR count). The first-order chi connectivity index (χ1) is 29.2. The summed E-state index contributed by atoms with van der Waals surface area (Å²) in [6.07, 6.45) is 0.197. The van der Waals surface area contributed by atoms with Crippen LogP contribution in [0.4, 0.5) is 0 Å². The summed E-state index contributed by atoms with van der Waals surface area (Å²) in [7, 11) is 0. The van der Waals surface area contributed by atoms with Gasteiger partial charge in [-0.3, -0.25) is 47.9 Å². The Morgan fingerprint density at radius 2 is 0.889 bits per heavy atom. The molecule has 0 spiro atoms. The van der Waals surface area contributed by atoms with E-state index in [1.165, 1.54) is 6.92 Å². The molecule has 0 saturated carbocycles. The predicted octanol–water partition coefficient (Wildman–Crippen LogP) is -4.10. The molecular weight excluding hydrogens is 830 g/mol. The van der Waals surface area contributed by atoms with Crippen molar-refractivity contribution in [2.24, 2.45) is 35.1 Å². The maximum Gasteiger partial charge on any atom is 0.326 e. The highest BCUT2D eigenvalue weighted by molar-refractivity contribution is 5.97. The van der Waals surface area contributed by atoms with Gasteiger partial charge in [-0.05, 0) is 56.4 Å². The first-order valence-corrected chi connectivity index (χ1v) is 20.8. The summed E-state index contributed by atoms with van der Waals surface area (Å²) < 4.78 is 0. The van der Waals surface area contributed by atoms with Crippen molar-refractivity contribution in [1.82, 2.24) is 47.9 Å². The van der Waals surface area contributed by atoms with Crippen molar-refractivity contribution < 1.29 is 63.0 Å². The maximum atomic E-state index is 13.2. The SMILES string of the molecule is CC(C)[C@H](N)C(=O)N[C@H](C(=O)N[C@H](C(=O)NCC(=O)N[C@@H](C)C(=O)N[C@@H](CC(=O)O)C(=O)NCC(=O)N[C@H](C(=O)NCC(=O)N[C@@H](CCCCN)C(=O)O)C(C)C)C(C)C)C(C)C. The minimum atomic E-state index is -1.73. The van der Waals surface area contributed by atoms with Crippen LogP contribution in [-0.4, -0.2) is 144 Å². The number of carboxylic acids is 2. The lowest BCUT2D eigenvalue weighted by Crippen LogP contribution is -2.59. The highest BCUT2D eigenvalue weighted by atomic mass is 16.4. The fourth-order valence-corrected chi connectivity index (χ4v) is 5.50. The van der Waals surface area contributed by atoms with Crippen LogP contribution in [0, 0.1) is 23.7 Å². The summed E-state index contributed by atoms with van der Waals surface area (Å²) in [5, 5.41) is 40.0. The Hall–Kier alpha value is -5.91. The van der Waals surface area contributed by atoms with Gasteiger partial charge in [-0.2, -0.15) is 0 Å². The lowest BCUT2D eigenvalue weighted by Gasteiger charge is -2.28. The van der Waals surface area contributed by atoms with E-state index >= 15 is 0 Å². The van der Waals surface area contributed by atoms with Gasteiger partial charge in [0.05, 0.1) is 32.1 Å². The van der Waals surface area contributed by atoms with Gasteiger partial charge in [0, 0.05) is 0 Å². The van der Waals surface area contributed by atoms with Crippen LogP contribution in [0.5, 0.6) is 0 Å². The van der Waals surface area contributed by atoms with E-state index in [0.29, 0.717) is 19.4 Å². The Morgan fingerprint density at radius 1 is 0.460 bits per heavy atom. The number of rotatable bonds is 29. The van der Waals surface area contributed by atoms with Gasteiger partial charge in [0.2, 0.25) is 53.2 Å². The first kappa shape index (κ1) is 57.1. The monoisotopic (exact) mass is 900 g/mol. The number of carbonyl (C=O) groups is 11. The molecule has 0 radical (unpaired) electrons. The van der Waals surface area contributed by atoms with Crippen molar-refractivity contribution in [1.29, 1.82) is 0 Å². The molecule has 24 nitrogen and oxygen atoms in total. The van der Waals surface area contributed by atoms with Crippen molar-refractivity contribution in [3.05, 3.63) is 0 Å². The third-order valence-electron chi connectivity index (χ3n) is 9.41. The Morgan fingerprint density at radius 3 is 1.33 bits per heavy atom. The van der Waals surface area contributed by atoms with E-state index in [-0.39, 0.29) is 18.3 Å². The summed E-state index contributed by atoms with van der Waals surface area (Å²) in [6, 6.07) is -8.54. The maximum absolute atomic E-state index is 13.2. The minimum absolute atomic E-state index is 0.125. The summed E-state index contributed by atoms with van der Waals surface area (Å²) in [5.74, 6) is -11.7. The number of aliphatic carboxylic acids is 2. The van der Waals surface area contributed by atoms with Gasteiger partial charge in [-0.1, -0.05) is 55.4 Å². The number of amides is 9. The van der Waals surface area contributed by atoms with Gasteiger partial charge in [0.25, 0.3) is 0 Å². The number of hydrogen-bond donors (Lipinski definition) is 13. The Balaban J connectivity index is 5.34. The molecule has 0 bridgehead atoms. The second-order valence-corrected chi connectivity index (χ2v) is 16.4. The van der Waals surface area contributed by atoms with Crippen LogP contribution in [0.25, 0.3) is 0 Å². The Labute approximate surface area is 367 Å². The largest absolute Gasteiger partial charge is 0.481 e. The first-order valence-electron chi connectivity index (χ1n) is 20.8. The fraction of sp³-hybridized carbons (Fsp3) is 0.718. The molecule has 0 saturated heterocycles. The van der Waals surface area contributed by atoms with Crippen molar-refractivity contribution in [3.63, 3.8) is 0 Å². The predicted molar refractivity (Wildman–Crippen MR) is 226 cm³/mol. The Bertz CT molecular complexity index is 1620. The number of nitrogens with two attached hydrogens (primary N) is 2. The van der Waals surface area contributed by atoms with E-state index < -0.39 is 145 Å². The summed E-state index contributed by atoms with van der Waals surface area (Å²) >= 11 is 0. The molecule has 0 fully saturated rings. The fourth-order valence-electron chi connectivity index (χ4n) is 5.50. The molecule has 15 N–H and O–H groups in total. The van der Waals surface area contributed by atoms with Crippen LogP contribution in [0.2, 0.25) is 0 Å². The molecule has 0 aromatic carbocycles. The van der Waals surface area contributed by atoms with Crippen LogP contribution < -0.4 is 59.3 Å². The summed E-state index contributed by atoms with van der Waals surface area (Å²) in [4.78, 5) is 138. The van der Waals surface area contributed by atoms with Gasteiger partial charge in [-0.15, -0.1) is 0 Å². The standard InChI is InChI=1S/C39H69N11O13/c1-18(2)29(41)35(58)49-32(21(7)8)38(61)50-31(20(5)6)37(60)43-15-25(51)45-22(9)33(56)47-24(14-28(54)55)34(57)42-17-27(53)48-30(19(3)4)36(59)44-16-26(52)46-23(39(62)63)12-10-11-13-40/h18-24,29-32H,10-17,40-41H2,1-9H3,(H,42,57)(H,43,60)(H,44,59)(H,45,51)(H,46,52)(H,47,56)(H,48,53)(H,49,58)(H,50,61)(H,54,55)(H,62,63)/t22-,23-,24-,29-,30-,31-,32-/m0/s1. The molecule has 0 aliphatic heterocycles. The van der Waals surface area contributed by atoms with Gasteiger partial charge >= 0.3 is 11.9 Å². The topological polar surface area (TPSA) is 389 Å². The smallest absolute Gasteiger partial charge is 0.326 e. The summed E-state index contributed by atoms with van der Waals surface area (Å²) in [6.45, 7) is 12.9. The lowest BCUT2D eigenvalue weighted by atomic mass is 9.98. The minimum Gasteiger partial charge on any atom is -0.481 e. The third kappa shape index (κ3) is 22.1. The molecule has 0 unspecified atom stereocenters. The molecule has 9 amide bonds. The van der Waals surface area contributed by atoms with E-state index in [4.69, 9.17) is 11.5 Å². The highest BCUT2D eigenvalue weighted by Crippen LogP contribution is 2.09. The van der Waals surface area contributed by atoms with E-state index in [9.17, 15) is 63.0 Å². The second-order valence-electron chi connectivity index (χ2n) is 16.4. The van der Waals surface area contributed by atoms with E-state index in [1.807, 2.05) is 0 Å².